The summed E-state index contributed by atoms with van der Waals surface area (Å²) in [5.41, 5.74) is 2.06. The molecular weight excluding hydrogens is 214 g/mol. The second-order valence-corrected chi connectivity index (χ2v) is 3.84. The number of carbonyl (C=O) groups is 1. The molecule has 0 bridgehead atoms. The molecule has 2 rings (SSSR count). The lowest BCUT2D eigenvalue weighted by Gasteiger charge is -2.07. The van der Waals surface area contributed by atoms with E-state index in [9.17, 15) is 9.90 Å². The first-order chi connectivity index (χ1) is 8.16. The molecule has 0 aliphatic carbocycles. The summed E-state index contributed by atoms with van der Waals surface area (Å²) >= 11 is 0. The zero-order valence-corrected chi connectivity index (χ0v) is 9.47. The Morgan fingerprint density at radius 1 is 1.12 bits per heavy atom. The molecular formula is C14H13NO2. The first-order valence-electron chi connectivity index (χ1n) is 5.33. The van der Waals surface area contributed by atoms with Crippen molar-refractivity contribution in [2.45, 2.75) is 6.92 Å². The number of carbonyl (C=O) groups excluding carboxylic acids is 1. The average Bonchev–Trinajstić information content (AvgIpc) is 2.29. The molecule has 2 N–H and O–H groups in total. The van der Waals surface area contributed by atoms with E-state index in [0.29, 0.717) is 0 Å². The molecule has 0 radical (unpaired) electrons. The molecule has 3 heteroatoms. The topological polar surface area (TPSA) is 49.3 Å². The van der Waals surface area contributed by atoms with Crippen LogP contribution >= 0.6 is 0 Å². The number of rotatable bonds is 2. The summed E-state index contributed by atoms with van der Waals surface area (Å²) in [7, 11) is 0. The summed E-state index contributed by atoms with van der Waals surface area (Å²) in [5.74, 6) is -0.327. The third-order valence-corrected chi connectivity index (χ3v) is 2.42. The number of benzene rings is 2. The van der Waals surface area contributed by atoms with E-state index in [1.165, 1.54) is 6.07 Å². The van der Waals surface area contributed by atoms with Gasteiger partial charge < -0.3 is 10.4 Å². The molecule has 0 saturated heterocycles. The Labute approximate surface area is 99.7 Å². The molecule has 0 atom stereocenters. The van der Waals surface area contributed by atoms with Crippen molar-refractivity contribution >= 4 is 11.6 Å². The zero-order valence-electron chi connectivity index (χ0n) is 9.47. The van der Waals surface area contributed by atoms with Crippen molar-refractivity contribution in [3.8, 4) is 5.75 Å². The van der Waals surface area contributed by atoms with E-state index in [2.05, 4.69) is 5.32 Å². The van der Waals surface area contributed by atoms with E-state index >= 15 is 0 Å². The predicted molar refractivity (Wildman–Crippen MR) is 67.2 cm³/mol. The van der Waals surface area contributed by atoms with E-state index in [1.54, 1.807) is 18.2 Å². The van der Waals surface area contributed by atoms with E-state index < -0.39 is 0 Å². The minimum atomic E-state index is -0.311. The number of hydrogen-bond donors (Lipinski definition) is 2. The van der Waals surface area contributed by atoms with Crippen LogP contribution < -0.4 is 5.32 Å². The smallest absolute Gasteiger partial charge is 0.259 e. The van der Waals surface area contributed by atoms with Crippen LogP contribution in [0.2, 0.25) is 0 Å². The van der Waals surface area contributed by atoms with Gasteiger partial charge in [-0.2, -0.15) is 0 Å². The molecule has 0 fully saturated rings. The molecule has 1 amide bonds. The summed E-state index contributed by atoms with van der Waals surface area (Å²) in [6.07, 6.45) is 0. The number of phenols is 1. The van der Waals surface area contributed by atoms with Crippen LogP contribution in [0.25, 0.3) is 0 Å². The molecule has 0 heterocycles. The Morgan fingerprint density at radius 2 is 1.88 bits per heavy atom. The van der Waals surface area contributed by atoms with Crippen LogP contribution in [0.15, 0.2) is 48.5 Å². The van der Waals surface area contributed by atoms with Gasteiger partial charge in [0.25, 0.3) is 5.91 Å². The number of nitrogens with one attached hydrogen (secondary N) is 1. The van der Waals surface area contributed by atoms with Gasteiger partial charge in [-0.3, -0.25) is 4.79 Å². The zero-order chi connectivity index (χ0) is 12.3. The van der Waals surface area contributed by atoms with Crippen molar-refractivity contribution in [2.75, 3.05) is 5.32 Å². The molecule has 3 nitrogen and oxygen atoms in total. The van der Waals surface area contributed by atoms with Gasteiger partial charge in [-0.05, 0) is 36.8 Å². The largest absolute Gasteiger partial charge is 0.507 e. The van der Waals surface area contributed by atoms with Gasteiger partial charge in [0.2, 0.25) is 0 Å². The normalized spacial score (nSPS) is 9.94. The summed E-state index contributed by atoms with van der Waals surface area (Å²) < 4.78 is 0. The standard InChI is InChI=1S/C14H13NO2/c1-10-5-4-6-11(9-10)15-14(17)12-7-2-3-8-13(12)16/h2-9,16H,1H3,(H,15,17). The number of aromatic hydroxyl groups is 1. The Balaban J connectivity index is 2.20. The maximum atomic E-state index is 11.9. The minimum absolute atomic E-state index is 0.0161. The fourth-order valence-corrected chi connectivity index (χ4v) is 1.59. The lowest BCUT2D eigenvalue weighted by molar-refractivity contribution is 0.102. The molecule has 0 aromatic heterocycles. The molecule has 0 aliphatic heterocycles. The van der Waals surface area contributed by atoms with Crippen molar-refractivity contribution in [2.24, 2.45) is 0 Å². The lowest BCUT2D eigenvalue weighted by Crippen LogP contribution is -2.11. The molecule has 0 spiro atoms. The van der Waals surface area contributed by atoms with E-state index in [0.717, 1.165) is 11.3 Å². The molecule has 17 heavy (non-hydrogen) atoms. The van der Waals surface area contributed by atoms with Crippen LogP contribution in [0.5, 0.6) is 5.75 Å². The fraction of sp³-hybridized carbons (Fsp3) is 0.0714. The number of phenolic OH excluding ortho intramolecular Hbond substituents is 1. The van der Waals surface area contributed by atoms with Crippen LogP contribution in [0.3, 0.4) is 0 Å². The van der Waals surface area contributed by atoms with Gasteiger partial charge in [-0.25, -0.2) is 0 Å². The maximum Gasteiger partial charge on any atom is 0.259 e. The van der Waals surface area contributed by atoms with Crippen LogP contribution in [0, 0.1) is 6.92 Å². The first-order valence-corrected chi connectivity index (χ1v) is 5.33. The van der Waals surface area contributed by atoms with Crippen molar-refractivity contribution in [1.82, 2.24) is 0 Å². The highest BCUT2D eigenvalue weighted by Gasteiger charge is 2.09. The quantitative estimate of drug-likeness (QED) is 0.828. The number of amides is 1. The predicted octanol–water partition coefficient (Wildman–Crippen LogP) is 2.95. The van der Waals surface area contributed by atoms with Crippen LogP contribution in [0.1, 0.15) is 15.9 Å². The van der Waals surface area contributed by atoms with Crippen molar-refractivity contribution in [3.05, 3.63) is 59.7 Å². The number of para-hydroxylation sites is 1. The third kappa shape index (κ3) is 2.64. The van der Waals surface area contributed by atoms with Gasteiger partial charge in [-0.15, -0.1) is 0 Å². The van der Waals surface area contributed by atoms with Crippen molar-refractivity contribution in [1.29, 1.82) is 0 Å². The second kappa shape index (κ2) is 4.70. The summed E-state index contributed by atoms with van der Waals surface area (Å²) in [4.78, 5) is 11.9. The maximum absolute atomic E-state index is 11.9. The molecule has 2 aromatic carbocycles. The average molecular weight is 227 g/mol. The molecule has 2 aromatic rings. The van der Waals surface area contributed by atoms with Crippen LogP contribution in [0.4, 0.5) is 5.69 Å². The van der Waals surface area contributed by atoms with E-state index in [1.807, 2.05) is 31.2 Å². The van der Waals surface area contributed by atoms with E-state index in [-0.39, 0.29) is 17.2 Å². The lowest BCUT2D eigenvalue weighted by atomic mass is 10.1. The number of anilines is 1. The van der Waals surface area contributed by atoms with Crippen molar-refractivity contribution in [3.63, 3.8) is 0 Å². The van der Waals surface area contributed by atoms with Crippen LogP contribution in [-0.4, -0.2) is 11.0 Å². The molecule has 0 unspecified atom stereocenters. The van der Waals surface area contributed by atoms with Gasteiger partial charge in [0.1, 0.15) is 5.75 Å². The van der Waals surface area contributed by atoms with E-state index in [4.69, 9.17) is 0 Å². The van der Waals surface area contributed by atoms with Gasteiger partial charge in [0.15, 0.2) is 0 Å². The second-order valence-electron chi connectivity index (χ2n) is 3.84. The highest BCUT2D eigenvalue weighted by atomic mass is 16.3. The molecule has 0 saturated carbocycles. The van der Waals surface area contributed by atoms with Crippen LogP contribution in [-0.2, 0) is 0 Å². The van der Waals surface area contributed by atoms with Gasteiger partial charge in [-0.1, -0.05) is 24.3 Å². The fourth-order valence-electron chi connectivity index (χ4n) is 1.59. The van der Waals surface area contributed by atoms with Crippen molar-refractivity contribution < 1.29 is 9.90 Å². The summed E-state index contributed by atoms with van der Waals surface area (Å²) in [6, 6.07) is 14.0. The SMILES string of the molecule is Cc1cccc(NC(=O)c2ccccc2O)c1. The monoisotopic (exact) mass is 227 g/mol. The summed E-state index contributed by atoms with van der Waals surface area (Å²) in [6.45, 7) is 1.95. The summed E-state index contributed by atoms with van der Waals surface area (Å²) in [5, 5.41) is 12.3. The molecule has 0 aliphatic rings. The first kappa shape index (κ1) is 11.2. The van der Waals surface area contributed by atoms with Gasteiger partial charge in [0, 0.05) is 5.69 Å². The Morgan fingerprint density at radius 3 is 2.59 bits per heavy atom. The minimum Gasteiger partial charge on any atom is -0.507 e. The highest BCUT2D eigenvalue weighted by Crippen LogP contribution is 2.18. The Hall–Kier alpha value is -2.29. The number of hydrogen-bond acceptors (Lipinski definition) is 2. The molecule has 86 valence electrons. The highest BCUT2D eigenvalue weighted by molar-refractivity contribution is 6.06. The van der Waals surface area contributed by atoms with Gasteiger partial charge >= 0.3 is 0 Å². The third-order valence-electron chi connectivity index (χ3n) is 2.42. The Kier molecular flexibility index (Phi) is 3.10. The van der Waals surface area contributed by atoms with Gasteiger partial charge in [0.05, 0.1) is 5.56 Å². The Bertz CT molecular complexity index is 549. The number of aryl methyl sites for hydroxylation is 1.